The van der Waals surface area contributed by atoms with Crippen molar-refractivity contribution in [3.63, 3.8) is 0 Å². The van der Waals surface area contributed by atoms with Crippen molar-refractivity contribution in [2.75, 3.05) is 6.54 Å². The fraction of sp³-hybridized carbons (Fsp3) is 0.720. The van der Waals surface area contributed by atoms with Crippen molar-refractivity contribution in [3.8, 4) is 0 Å². The number of nitrogens with one attached hydrogen (secondary N) is 1. The number of nitrogens with zero attached hydrogens (tertiary/aromatic N) is 5. The van der Waals surface area contributed by atoms with Gasteiger partial charge in [0, 0.05) is 25.4 Å². The number of carbonyl (C=O) groups excluding carboxylic acids is 1. The van der Waals surface area contributed by atoms with Crippen LogP contribution in [-0.4, -0.2) is 36.9 Å². The summed E-state index contributed by atoms with van der Waals surface area (Å²) in [5.74, 6) is 0.895. The highest BCUT2D eigenvalue weighted by molar-refractivity contribution is 6.32. The molecule has 4 bridgehead atoms. The van der Waals surface area contributed by atoms with Crippen molar-refractivity contribution in [1.29, 1.82) is 0 Å². The zero-order chi connectivity index (χ0) is 26.9. The molecule has 1 N–H and O–H groups in total. The molecule has 2 aromatic heterocycles. The molecule has 7 rings (SSSR count). The lowest BCUT2D eigenvalue weighted by atomic mass is 9.46. The molecule has 0 saturated heterocycles. The molecule has 13 heteroatoms. The lowest BCUT2D eigenvalue weighted by Gasteiger charge is -2.61. The number of alkyl halides is 3. The maximum atomic E-state index is 13.3. The summed E-state index contributed by atoms with van der Waals surface area (Å²) in [5.41, 5.74) is -1.05. The first-order valence-electron chi connectivity index (χ1n) is 13.3. The lowest BCUT2D eigenvalue weighted by Crippen LogP contribution is -2.57. The third-order valence-electron chi connectivity index (χ3n) is 8.99. The Labute approximate surface area is 222 Å². The molecule has 5 fully saturated rings. The van der Waals surface area contributed by atoms with E-state index in [2.05, 4.69) is 15.5 Å². The third-order valence-corrected chi connectivity index (χ3v) is 9.36. The van der Waals surface area contributed by atoms with Gasteiger partial charge in [-0.3, -0.25) is 24.3 Å². The average molecular weight is 555 g/mol. The minimum atomic E-state index is -4.60. The summed E-state index contributed by atoms with van der Waals surface area (Å²) in [6.45, 7) is 0.583. The van der Waals surface area contributed by atoms with Gasteiger partial charge in [-0.1, -0.05) is 11.6 Å². The molecular formula is C25H30ClF3N6O3. The predicted octanol–water partition coefficient (Wildman–Crippen LogP) is 5.43. The molecule has 2 unspecified atom stereocenters. The van der Waals surface area contributed by atoms with Crippen LogP contribution in [0.5, 0.6) is 0 Å². The summed E-state index contributed by atoms with van der Waals surface area (Å²) in [7, 11) is 0. The van der Waals surface area contributed by atoms with Crippen molar-refractivity contribution in [2.24, 2.45) is 17.3 Å². The monoisotopic (exact) mass is 554 g/mol. The van der Waals surface area contributed by atoms with Gasteiger partial charge in [0.15, 0.2) is 5.69 Å². The molecule has 2 heterocycles. The van der Waals surface area contributed by atoms with Gasteiger partial charge in [0.05, 0.1) is 21.2 Å². The molecule has 0 spiro atoms. The van der Waals surface area contributed by atoms with Crippen LogP contribution in [0.1, 0.15) is 81.5 Å². The minimum Gasteiger partial charge on any atom is -0.356 e. The van der Waals surface area contributed by atoms with Crippen molar-refractivity contribution >= 4 is 23.2 Å². The Balaban J connectivity index is 1.08. The number of amides is 1. The lowest BCUT2D eigenvalue weighted by molar-refractivity contribution is -0.385. The number of hydrogen-bond donors (Lipinski definition) is 1. The molecule has 9 nitrogen and oxygen atoms in total. The zero-order valence-corrected chi connectivity index (χ0v) is 21.6. The first-order chi connectivity index (χ1) is 18.0. The average Bonchev–Trinajstić information content (AvgIpc) is 3.38. The topological polar surface area (TPSA) is 108 Å². The molecule has 2 atom stereocenters. The molecule has 1 amide bonds. The van der Waals surface area contributed by atoms with E-state index in [9.17, 15) is 28.1 Å². The molecule has 206 valence electrons. The van der Waals surface area contributed by atoms with E-state index < -0.39 is 16.8 Å². The summed E-state index contributed by atoms with van der Waals surface area (Å²) < 4.78 is 43.0. The Hall–Kier alpha value is -2.63. The van der Waals surface area contributed by atoms with Crippen LogP contribution in [-0.2, 0) is 23.1 Å². The standard InChI is InChI=1S/C25H30ClF3N6O3/c26-20-21(17-2-3-17)33(32-22(20)25(27,28)29)5-1-4-30-19(36)11-23-7-15-6-16(8-23)10-24(9-15,14-23)34-13-18(12-31-34)35(37)38/h12-13,15-17H,1-11,14H2,(H,30,36). The molecule has 2 aromatic rings. The van der Waals surface area contributed by atoms with E-state index in [-0.39, 0.29) is 40.0 Å². The van der Waals surface area contributed by atoms with E-state index in [1.807, 2.05) is 0 Å². The number of aromatic nitrogens is 4. The largest absolute Gasteiger partial charge is 0.436 e. The van der Waals surface area contributed by atoms with Gasteiger partial charge in [-0.2, -0.15) is 23.4 Å². The molecule has 0 aromatic carbocycles. The second kappa shape index (κ2) is 8.96. The zero-order valence-electron chi connectivity index (χ0n) is 20.8. The van der Waals surface area contributed by atoms with Crippen LogP contribution in [0.3, 0.4) is 0 Å². The Bertz CT molecular complexity index is 1260. The van der Waals surface area contributed by atoms with Gasteiger partial charge in [-0.25, -0.2) is 0 Å². The smallest absolute Gasteiger partial charge is 0.356 e. The van der Waals surface area contributed by atoms with Crippen LogP contribution >= 0.6 is 11.6 Å². The van der Waals surface area contributed by atoms with Crippen LogP contribution < -0.4 is 5.32 Å². The van der Waals surface area contributed by atoms with Crippen LogP contribution in [0, 0.1) is 27.4 Å². The number of halogens is 4. The van der Waals surface area contributed by atoms with E-state index >= 15 is 0 Å². The number of hydrogen-bond acceptors (Lipinski definition) is 5. The van der Waals surface area contributed by atoms with Gasteiger partial charge >= 0.3 is 11.9 Å². The van der Waals surface area contributed by atoms with E-state index in [1.54, 1.807) is 4.68 Å². The van der Waals surface area contributed by atoms with Crippen molar-refractivity contribution in [1.82, 2.24) is 24.9 Å². The van der Waals surface area contributed by atoms with Gasteiger partial charge in [0.25, 0.3) is 0 Å². The second-order valence-electron chi connectivity index (χ2n) is 12.0. The number of carbonyl (C=O) groups is 1. The number of nitro groups is 1. The van der Waals surface area contributed by atoms with Gasteiger partial charge < -0.3 is 5.32 Å². The van der Waals surface area contributed by atoms with E-state index in [0.29, 0.717) is 36.9 Å². The van der Waals surface area contributed by atoms with Gasteiger partial charge in [-0.15, -0.1) is 0 Å². The fourth-order valence-corrected chi connectivity index (χ4v) is 8.35. The van der Waals surface area contributed by atoms with Crippen LogP contribution in [0.4, 0.5) is 18.9 Å². The summed E-state index contributed by atoms with van der Waals surface area (Å²) in [4.78, 5) is 23.8. The Morgan fingerprint density at radius 1 is 1.24 bits per heavy atom. The molecule has 5 aliphatic carbocycles. The quantitative estimate of drug-likeness (QED) is 0.253. The Morgan fingerprint density at radius 3 is 2.55 bits per heavy atom. The number of aryl methyl sites for hydroxylation is 1. The first kappa shape index (κ1) is 25.6. The predicted molar refractivity (Wildman–Crippen MR) is 130 cm³/mol. The maximum absolute atomic E-state index is 13.3. The van der Waals surface area contributed by atoms with Crippen molar-refractivity contribution in [2.45, 2.75) is 88.4 Å². The third kappa shape index (κ3) is 4.58. The second-order valence-corrected chi connectivity index (χ2v) is 12.4. The fourth-order valence-electron chi connectivity index (χ4n) is 7.95. The highest BCUT2D eigenvalue weighted by atomic mass is 35.5. The summed E-state index contributed by atoms with van der Waals surface area (Å²) in [6.07, 6.45) is 6.37. The Morgan fingerprint density at radius 2 is 1.95 bits per heavy atom. The van der Waals surface area contributed by atoms with Crippen LogP contribution in [0.25, 0.3) is 0 Å². The molecule has 5 aliphatic rings. The first-order valence-corrected chi connectivity index (χ1v) is 13.6. The Kier molecular flexibility index (Phi) is 6.04. The van der Waals surface area contributed by atoms with Crippen molar-refractivity contribution in [3.05, 3.63) is 38.9 Å². The highest BCUT2D eigenvalue weighted by Crippen LogP contribution is 2.65. The van der Waals surface area contributed by atoms with E-state index in [1.165, 1.54) is 17.1 Å². The molecular weight excluding hydrogens is 525 g/mol. The van der Waals surface area contributed by atoms with Gasteiger partial charge in [-0.05, 0) is 75.0 Å². The summed E-state index contributed by atoms with van der Waals surface area (Å²) in [6, 6.07) is 0. The molecule has 38 heavy (non-hydrogen) atoms. The SMILES string of the molecule is O=C(CC12CC3CC(C1)CC(n1cc([N+](=O)[O-])cn1)(C3)C2)NCCCn1nc(C(F)(F)F)c(Cl)c1C1CC1. The number of rotatable bonds is 9. The minimum absolute atomic E-state index is 0.0142. The summed E-state index contributed by atoms with van der Waals surface area (Å²) in [5, 5.41) is 22.0. The van der Waals surface area contributed by atoms with Gasteiger partial charge in [0.1, 0.15) is 12.4 Å². The summed E-state index contributed by atoms with van der Waals surface area (Å²) >= 11 is 6.04. The van der Waals surface area contributed by atoms with Crippen molar-refractivity contribution < 1.29 is 22.9 Å². The normalized spacial score (nSPS) is 30.1. The molecule has 0 radical (unpaired) electrons. The maximum Gasteiger partial charge on any atom is 0.436 e. The van der Waals surface area contributed by atoms with Gasteiger partial charge in [0.2, 0.25) is 5.91 Å². The van der Waals surface area contributed by atoms with E-state index in [4.69, 9.17) is 11.6 Å². The molecule has 0 aliphatic heterocycles. The van der Waals surface area contributed by atoms with Crippen LogP contribution in [0.15, 0.2) is 12.4 Å². The van der Waals surface area contributed by atoms with E-state index in [0.717, 1.165) is 51.4 Å². The highest BCUT2D eigenvalue weighted by Gasteiger charge is 2.59. The van der Waals surface area contributed by atoms with Crippen LogP contribution in [0.2, 0.25) is 5.02 Å². The molecule has 5 saturated carbocycles.